The summed E-state index contributed by atoms with van der Waals surface area (Å²) in [5.41, 5.74) is 11.2. The molecule has 0 atom stereocenters. The summed E-state index contributed by atoms with van der Waals surface area (Å²) in [6.45, 7) is 1.24. The van der Waals surface area contributed by atoms with Gasteiger partial charge in [-0.3, -0.25) is 14.9 Å². The summed E-state index contributed by atoms with van der Waals surface area (Å²) in [7, 11) is 0. The van der Waals surface area contributed by atoms with Crippen molar-refractivity contribution in [2.75, 3.05) is 30.3 Å². The predicted molar refractivity (Wildman–Crippen MR) is 104 cm³/mol. The molecule has 0 fully saturated rings. The summed E-state index contributed by atoms with van der Waals surface area (Å²) in [6, 6.07) is 19.1. The van der Waals surface area contributed by atoms with E-state index in [1.54, 1.807) is 0 Å². The monoisotopic (exact) mass is 355 g/mol. The molecule has 7 heteroatoms. The second-order valence-corrected chi connectivity index (χ2v) is 5.90. The lowest BCUT2D eigenvalue weighted by molar-refractivity contribution is -0.135. The average molecular weight is 355 g/mol. The molecule has 0 unspecified atom stereocenters. The molecule has 7 N–H and O–H groups in total. The SMILES string of the molecule is NC(=O)C(CCNc1ccccc1)(NCCNc1ccccc1)C(N)=O. The Hall–Kier alpha value is -3.06. The number of hydrogen-bond acceptors (Lipinski definition) is 5. The van der Waals surface area contributed by atoms with Crippen LogP contribution in [0, 0.1) is 0 Å². The summed E-state index contributed by atoms with van der Waals surface area (Å²) in [4.78, 5) is 24.0. The molecule has 0 radical (unpaired) electrons. The minimum Gasteiger partial charge on any atom is -0.385 e. The number of hydrogen-bond donors (Lipinski definition) is 5. The first-order valence-electron chi connectivity index (χ1n) is 8.47. The van der Waals surface area contributed by atoms with Crippen molar-refractivity contribution in [2.45, 2.75) is 12.0 Å². The van der Waals surface area contributed by atoms with E-state index in [2.05, 4.69) is 16.0 Å². The molecule has 0 heterocycles. The van der Waals surface area contributed by atoms with Crippen molar-refractivity contribution in [1.29, 1.82) is 0 Å². The van der Waals surface area contributed by atoms with Gasteiger partial charge in [-0.25, -0.2) is 0 Å². The van der Waals surface area contributed by atoms with Gasteiger partial charge in [0.05, 0.1) is 0 Å². The second kappa shape index (κ2) is 9.43. The summed E-state index contributed by atoms with van der Waals surface area (Å²) in [5, 5.41) is 9.29. The van der Waals surface area contributed by atoms with Crippen LogP contribution in [-0.2, 0) is 9.59 Å². The Bertz CT molecular complexity index is 692. The molecule has 0 saturated carbocycles. The Kier molecular flexibility index (Phi) is 6.99. The topological polar surface area (TPSA) is 122 Å². The Balaban J connectivity index is 1.91. The third kappa shape index (κ3) is 5.22. The van der Waals surface area contributed by atoms with E-state index in [9.17, 15) is 9.59 Å². The molecule has 138 valence electrons. The van der Waals surface area contributed by atoms with Crippen LogP contribution in [0.1, 0.15) is 6.42 Å². The molecular formula is C19H25N5O2. The number of carbonyl (C=O) groups is 2. The van der Waals surface area contributed by atoms with Crippen LogP contribution in [-0.4, -0.2) is 37.0 Å². The van der Waals surface area contributed by atoms with E-state index in [1.807, 2.05) is 60.7 Å². The van der Waals surface area contributed by atoms with E-state index in [0.717, 1.165) is 11.4 Å². The molecule has 2 aromatic rings. The lowest BCUT2D eigenvalue weighted by Crippen LogP contribution is -2.64. The Morgan fingerprint density at radius 3 is 1.65 bits per heavy atom. The van der Waals surface area contributed by atoms with Gasteiger partial charge in [0.25, 0.3) is 0 Å². The van der Waals surface area contributed by atoms with Gasteiger partial charge >= 0.3 is 0 Å². The highest BCUT2D eigenvalue weighted by Crippen LogP contribution is 2.12. The van der Waals surface area contributed by atoms with Crippen LogP contribution in [0.2, 0.25) is 0 Å². The molecule has 2 amide bonds. The number of carbonyl (C=O) groups excluding carboxylic acids is 2. The first-order chi connectivity index (χ1) is 12.5. The quantitative estimate of drug-likeness (QED) is 0.303. The molecule has 2 aromatic carbocycles. The van der Waals surface area contributed by atoms with Crippen LogP contribution in [0.3, 0.4) is 0 Å². The Morgan fingerprint density at radius 1 is 0.731 bits per heavy atom. The highest BCUT2D eigenvalue weighted by atomic mass is 16.2. The van der Waals surface area contributed by atoms with Gasteiger partial charge in [0.2, 0.25) is 11.8 Å². The van der Waals surface area contributed by atoms with Crippen LogP contribution in [0.5, 0.6) is 0 Å². The van der Waals surface area contributed by atoms with Gasteiger partial charge in [0.15, 0.2) is 5.54 Å². The molecule has 0 aliphatic rings. The van der Waals surface area contributed by atoms with Crippen molar-refractivity contribution in [3.8, 4) is 0 Å². The second-order valence-electron chi connectivity index (χ2n) is 5.90. The van der Waals surface area contributed by atoms with E-state index in [0.29, 0.717) is 19.6 Å². The largest absolute Gasteiger partial charge is 0.385 e. The van der Waals surface area contributed by atoms with Crippen molar-refractivity contribution >= 4 is 23.2 Å². The van der Waals surface area contributed by atoms with Gasteiger partial charge in [0.1, 0.15) is 0 Å². The lowest BCUT2D eigenvalue weighted by Gasteiger charge is -2.29. The molecule has 2 rings (SSSR count). The molecular weight excluding hydrogens is 330 g/mol. The van der Waals surface area contributed by atoms with Gasteiger partial charge in [0, 0.05) is 37.4 Å². The fraction of sp³-hybridized carbons (Fsp3) is 0.263. The number of nitrogens with one attached hydrogen (secondary N) is 3. The highest BCUT2D eigenvalue weighted by Gasteiger charge is 2.41. The van der Waals surface area contributed by atoms with Crippen LogP contribution < -0.4 is 27.4 Å². The van der Waals surface area contributed by atoms with Crippen LogP contribution >= 0.6 is 0 Å². The number of rotatable bonds is 11. The zero-order chi connectivity index (χ0) is 18.8. The fourth-order valence-electron chi connectivity index (χ4n) is 2.62. The van der Waals surface area contributed by atoms with Crippen LogP contribution in [0.4, 0.5) is 11.4 Å². The third-order valence-corrected chi connectivity index (χ3v) is 4.10. The van der Waals surface area contributed by atoms with Crippen molar-refractivity contribution in [3.63, 3.8) is 0 Å². The van der Waals surface area contributed by atoms with Gasteiger partial charge in [-0.2, -0.15) is 0 Å². The smallest absolute Gasteiger partial charge is 0.247 e. The Morgan fingerprint density at radius 2 is 1.19 bits per heavy atom. The van der Waals surface area contributed by atoms with Crippen molar-refractivity contribution in [2.24, 2.45) is 11.5 Å². The first-order valence-corrected chi connectivity index (χ1v) is 8.47. The molecule has 0 aliphatic heterocycles. The van der Waals surface area contributed by atoms with Crippen LogP contribution in [0.25, 0.3) is 0 Å². The maximum absolute atomic E-state index is 12.0. The predicted octanol–water partition coefficient (Wildman–Crippen LogP) is 0.900. The van der Waals surface area contributed by atoms with E-state index < -0.39 is 17.4 Å². The molecule has 0 aliphatic carbocycles. The minimum absolute atomic E-state index is 0.151. The van der Waals surface area contributed by atoms with Crippen molar-refractivity contribution in [3.05, 3.63) is 60.7 Å². The number of amides is 2. The lowest BCUT2D eigenvalue weighted by atomic mass is 9.93. The average Bonchev–Trinajstić information content (AvgIpc) is 2.65. The van der Waals surface area contributed by atoms with Gasteiger partial charge in [-0.15, -0.1) is 0 Å². The van der Waals surface area contributed by atoms with Gasteiger partial charge in [-0.1, -0.05) is 36.4 Å². The van der Waals surface area contributed by atoms with Crippen molar-refractivity contribution < 1.29 is 9.59 Å². The summed E-state index contributed by atoms with van der Waals surface area (Å²) in [5.74, 6) is -1.56. The fourth-order valence-corrected chi connectivity index (χ4v) is 2.62. The summed E-state index contributed by atoms with van der Waals surface area (Å²) >= 11 is 0. The molecule has 0 spiro atoms. The molecule has 26 heavy (non-hydrogen) atoms. The van der Waals surface area contributed by atoms with Crippen molar-refractivity contribution in [1.82, 2.24) is 5.32 Å². The zero-order valence-corrected chi connectivity index (χ0v) is 14.6. The number of nitrogens with two attached hydrogens (primary N) is 2. The van der Waals surface area contributed by atoms with Crippen LogP contribution in [0.15, 0.2) is 60.7 Å². The van der Waals surface area contributed by atoms with Gasteiger partial charge < -0.3 is 22.1 Å². The number of anilines is 2. The maximum atomic E-state index is 12.0. The van der Waals surface area contributed by atoms with E-state index in [-0.39, 0.29) is 6.42 Å². The third-order valence-electron chi connectivity index (χ3n) is 4.10. The van der Waals surface area contributed by atoms with E-state index >= 15 is 0 Å². The highest BCUT2D eigenvalue weighted by molar-refractivity contribution is 6.08. The maximum Gasteiger partial charge on any atom is 0.247 e. The summed E-state index contributed by atoms with van der Waals surface area (Å²) in [6.07, 6.45) is 0.151. The van der Waals surface area contributed by atoms with Gasteiger partial charge in [-0.05, 0) is 24.3 Å². The van der Waals surface area contributed by atoms with E-state index in [4.69, 9.17) is 11.5 Å². The Labute approximate surface area is 153 Å². The minimum atomic E-state index is -1.60. The number of benzene rings is 2. The molecule has 0 bridgehead atoms. The van der Waals surface area contributed by atoms with E-state index in [1.165, 1.54) is 0 Å². The molecule has 0 aromatic heterocycles. The molecule has 7 nitrogen and oxygen atoms in total. The summed E-state index contributed by atoms with van der Waals surface area (Å²) < 4.78 is 0. The standard InChI is InChI=1S/C19H25N5O2/c20-17(25)19(18(21)26,11-12-22-15-7-3-1-4-8-15)24-14-13-23-16-9-5-2-6-10-16/h1-10,22-24H,11-14H2,(H2,20,25)(H2,21,26). The first kappa shape index (κ1) is 19.3. The number of primary amides is 2. The zero-order valence-electron chi connectivity index (χ0n) is 14.6. The molecule has 0 saturated heterocycles. The number of para-hydroxylation sites is 2. The normalized spacial score (nSPS) is 10.9.